The lowest BCUT2D eigenvalue weighted by Crippen LogP contribution is -2.36. The first-order valence-electron chi connectivity index (χ1n) is 5.35. The molecule has 0 aromatic heterocycles. The first kappa shape index (κ1) is 12.2. The monoisotopic (exact) mass is 255 g/mol. The molecule has 1 heterocycles. The van der Waals surface area contributed by atoms with E-state index in [1.54, 1.807) is 12.1 Å². The summed E-state index contributed by atoms with van der Waals surface area (Å²) in [6, 6.07) is 5.31. The van der Waals surface area contributed by atoms with Crippen LogP contribution in [0, 0.1) is 0 Å². The summed E-state index contributed by atoms with van der Waals surface area (Å²) in [6.07, 6.45) is 0. The smallest absolute Gasteiger partial charge is 0.266 e. The number of nitrogens with two attached hydrogens (primary N) is 1. The van der Waals surface area contributed by atoms with Crippen LogP contribution in [-0.4, -0.2) is 32.2 Å². The Morgan fingerprint density at radius 3 is 2.71 bits per heavy atom. The maximum atomic E-state index is 11.4. The molecule has 0 bridgehead atoms. The summed E-state index contributed by atoms with van der Waals surface area (Å²) in [5.74, 6) is 4.68. The van der Waals surface area contributed by atoms with Gasteiger partial charge in [-0.25, -0.2) is 5.84 Å². The second-order valence-electron chi connectivity index (χ2n) is 3.74. The SMILES string of the molecule is NNC(=O)c1ccc(N2CCOCC2)cc1Cl. The highest BCUT2D eigenvalue weighted by molar-refractivity contribution is 6.34. The molecule has 17 heavy (non-hydrogen) atoms. The van der Waals surface area contributed by atoms with Crippen LogP contribution in [0.4, 0.5) is 5.69 Å². The number of hydrazine groups is 1. The normalized spacial score (nSPS) is 15.8. The molecule has 0 spiro atoms. The molecular weight excluding hydrogens is 242 g/mol. The summed E-state index contributed by atoms with van der Waals surface area (Å²) in [5, 5.41) is 0.400. The number of carbonyl (C=O) groups excluding carboxylic acids is 1. The molecule has 92 valence electrons. The zero-order valence-electron chi connectivity index (χ0n) is 9.28. The van der Waals surface area contributed by atoms with Crippen LogP contribution in [0.3, 0.4) is 0 Å². The van der Waals surface area contributed by atoms with Crippen molar-refractivity contribution in [1.82, 2.24) is 5.43 Å². The summed E-state index contributed by atoms with van der Waals surface area (Å²) < 4.78 is 5.28. The lowest BCUT2D eigenvalue weighted by molar-refractivity contribution is 0.0953. The number of amides is 1. The average Bonchev–Trinajstić information content (AvgIpc) is 2.39. The topological polar surface area (TPSA) is 67.6 Å². The maximum absolute atomic E-state index is 11.4. The molecule has 6 heteroatoms. The number of nitrogens with zero attached hydrogens (tertiary/aromatic N) is 1. The molecule has 0 saturated carbocycles. The highest BCUT2D eigenvalue weighted by Crippen LogP contribution is 2.24. The van der Waals surface area contributed by atoms with Gasteiger partial charge in [-0.1, -0.05) is 11.6 Å². The van der Waals surface area contributed by atoms with Crippen molar-refractivity contribution in [1.29, 1.82) is 0 Å². The Bertz CT molecular complexity index is 419. The van der Waals surface area contributed by atoms with E-state index in [9.17, 15) is 4.79 Å². The van der Waals surface area contributed by atoms with Gasteiger partial charge < -0.3 is 9.64 Å². The van der Waals surface area contributed by atoms with Gasteiger partial charge in [-0.2, -0.15) is 0 Å². The Morgan fingerprint density at radius 1 is 1.41 bits per heavy atom. The van der Waals surface area contributed by atoms with Crippen LogP contribution in [0.5, 0.6) is 0 Å². The van der Waals surface area contributed by atoms with Crippen molar-refractivity contribution in [2.45, 2.75) is 0 Å². The molecule has 3 N–H and O–H groups in total. The molecule has 1 aromatic rings. The summed E-state index contributed by atoms with van der Waals surface area (Å²) in [7, 11) is 0. The van der Waals surface area contributed by atoms with E-state index in [0.717, 1.165) is 18.8 Å². The van der Waals surface area contributed by atoms with Crippen LogP contribution in [0.2, 0.25) is 5.02 Å². The number of rotatable bonds is 2. The van der Waals surface area contributed by atoms with E-state index in [1.165, 1.54) is 0 Å². The third-order valence-corrected chi connectivity index (χ3v) is 3.02. The van der Waals surface area contributed by atoms with Gasteiger partial charge in [0.2, 0.25) is 0 Å². The van der Waals surface area contributed by atoms with Crippen molar-refractivity contribution in [2.75, 3.05) is 31.2 Å². The van der Waals surface area contributed by atoms with Crippen molar-refractivity contribution in [3.63, 3.8) is 0 Å². The minimum atomic E-state index is -0.386. The lowest BCUT2D eigenvalue weighted by atomic mass is 10.1. The van der Waals surface area contributed by atoms with Gasteiger partial charge in [0.05, 0.1) is 23.8 Å². The zero-order chi connectivity index (χ0) is 12.3. The Morgan fingerprint density at radius 2 is 2.12 bits per heavy atom. The summed E-state index contributed by atoms with van der Waals surface area (Å²) in [6.45, 7) is 3.09. The molecule has 1 amide bonds. The fraction of sp³-hybridized carbons (Fsp3) is 0.364. The van der Waals surface area contributed by atoms with Gasteiger partial charge in [0.1, 0.15) is 0 Å². The number of morpholine rings is 1. The van der Waals surface area contributed by atoms with E-state index in [4.69, 9.17) is 22.2 Å². The van der Waals surface area contributed by atoms with E-state index < -0.39 is 0 Å². The molecule has 0 radical (unpaired) electrons. The largest absolute Gasteiger partial charge is 0.378 e. The van der Waals surface area contributed by atoms with Crippen molar-refractivity contribution >= 4 is 23.2 Å². The first-order chi connectivity index (χ1) is 8.22. The highest BCUT2D eigenvalue weighted by Gasteiger charge is 2.14. The third-order valence-electron chi connectivity index (χ3n) is 2.70. The van der Waals surface area contributed by atoms with Crippen LogP contribution in [0.25, 0.3) is 0 Å². The maximum Gasteiger partial charge on any atom is 0.266 e. The second kappa shape index (κ2) is 5.35. The number of benzene rings is 1. The van der Waals surface area contributed by atoms with E-state index in [1.807, 2.05) is 6.07 Å². The van der Waals surface area contributed by atoms with Gasteiger partial charge >= 0.3 is 0 Å². The molecule has 1 fully saturated rings. The Hall–Kier alpha value is -1.30. The van der Waals surface area contributed by atoms with Gasteiger partial charge in [-0.05, 0) is 18.2 Å². The average molecular weight is 256 g/mol. The summed E-state index contributed by atoms with van der Waals surface area (Å²) >= 11 is 6.05. The molecule has 5 nitrogen and oxygen atoms in total. The Labute approximate surface area is 104 Å². The van der Waals surface area contributed by atoms with Crippen LogP contribution < -0.4 is 16.2 Å². The molecule has 2 rings (SSSR count). The number of nitrogen functional groups attached to an aromatic ring is 1. The fourth-order valence-corrected chi connectivity index (χ4v) is 2.04. The molecule has 0 aliphatic carbocycles. The van der Waals surface area contributed by atoms with E-state index in [2.05, 4.69) is 10.3 Å². The molecule has 0 atom stereocenters. The minimum Gasteiger partial charge on any atom is -0.378 e. The molecule has 1 aromatic carbocycles. The number of carbonyl (C=O) groups is 1. The molecule has 1 aliphatic heterocycles. The number of ether oxygens (including phenoxy) is 1. The van der Waals surface area contributed by atoms with Crippen LogP contribution >= 0.6 is 11.6 Å². The van der Waals surface area contributed by atoms with Gasteiger partial charge in [0.25, 0.3) is 5.91 Å². The van der Waals surface area contributed by atoms with Gasteiger partial charge in [-0.3, -0.25) is 10.2 Å². The van der Waals surface area contributed by atoms with Crippen LogP contribution in [-0.2, 0) is 4.74 Å². The number of anilines is 1. The quantitative estimate of drug-likeness (QED) is 0.466. The summed E-state index contributed by atoms with van der Waals surface area (Å²) in [4.78, 5) is 13.5. The Balaban J connectivity index is 2.20. The van der Waals surface area contributed by atoms with Gasteiger partial charge in [0.15, 0.2) is 0 Å². The van der Waals surface area contributed by atoms with Crippen molar-refractivity contribution in [3.8, 4) is 0 Å². The predicted octanol–water partition coefficient (Wildman–Crippen LogP) is 0.780. The molecular formula is C11H14ClN3O2. The van der Waals surface area contributed by atoms with Crippen molar-refractivity contribution < 1.29 is 9.53 Å². The molecule has 1 saturated heterocycles. The standard InChI is InChI=1S/C11H14ClN3O2/c12-10-7-8(15-3-5-17-6-4-15)1-2-9(10)11(16)14-13/h1-2,7H,3-6,13H2,(H,14,16). The van der Waals surface area contributed by atoms with Crippen LogP contribution in [0.15, 0.2) is 18.2 Å². The predicted molar refractivity (Wildman–Crippen MR) is 66.1 cm³/mol. The number of hydrogen-bond acceptors (Lipinski definition) is 4. The fourth-order valence-electron chi connectivity index (χ4n) is 1.78. The van der Waals surface area contributed by atoms with Gasteiger partial charge in [-0.15, -0.1) is 0 Å². The number of hydrogen-bond donors (Lipinski definition) is 2. The van der Waals surface area contributed by atoms with Crippen molar-refractivity contribution in [2.24, 2.45) is 5.84 Å². The minimum absolute atomic E-state index is 0.381. The number of halogens is 1. The van der Waals surface area contributed by atoms with Crippen molar-refractivity contribution in [3.05, 3.63) is 28.8 Å². The Kier molecular flexibility index (Phi) is 3.83. The summed E-state index contributed by atoms with van der Waals surface area (Å²) in [5.41, 5.74) is 3.44. The van der Waals surface area contributed by atoms with Crippen LogP contribution in [0.1, 0.15) is 10.4 Å². The van der Waals surface area contributed by atoms with E-state index in [0.29, 0.717) is 23.8 Å². The van der Waals surface area contributed by atoms with E-state index >= 15 is 0 Å². The number of nitrogens with one attached hydrogen (secondary N) is 1. The van der Waals surface area contributed by atoms with Gasteiger partial charge in [0, 0.05) is 18.8 Å². The second-order valence-corrected chi connectivity index (χ2v) is 4.14. The highest BCUT2D eigenvalue weighted by atomic mass is 35.5. The molecule has 0 unspecified atom stereocenters. The first-order valence-corrected chi connectivity index (χ1v) is 5.73. The zero-order valence-corrected chi connectivity index (χ0v) is 10.0. The molecule has 1 aliphatic rings. The van der Waals surface area contributed by atoms with E-state index in [-0.39, 0.29) is 5.91 Å². The third kappa shape index (κ3) is 2.69. The lowest BCUT2D eigenvalue weighted by Gasteiger charge is -2.29.